The first kappa shape index (κ1) is 12.2. The second kappa shape index (κ2) is 4.93. The second-order valence-corrected chi connectivity index (χ2v) is 5.72. The molecular formula is C11H17N5S. The van der Waals surface area contributed by atoms with Gasteiger partial charge in [-0.25, -0.2) is 9.97 Å². The van der Waals surface area contributed by atoms with E-state index in [4.69, 9.17) is 0 Å². The fourth-order valence-electron chi connectivity index (χ4n) is 1.55. The average molecular weight is 251 g/mol. The molecule has 0 aliphatic carbocycles. The Morgan fingerprint density at radius 2 is 2.29 bits per heavy atom. The molecule has 0 atom stereocenters. The highest BCUT2D eigenvalue weighted by molar-refractivity contribution is 7.11. The molecule has 1 N–H and O–H groups in total. The summed E-state index contributed by atoms with van der Waals surface area (Å²) in [6, 6.07) is 0. The Labute approximate surface area is 105 Å². The van der Waals surface area contributed by atoms with Crippen molar-refractivity contribution in [3.8, 4) is 0 Å². The molecular weight excluding hydrogens is 234 g/mol. The van der Waals surface area contributed by atoms with Crippen molar-refractivity contribution in [1.29, 1.82) is 0 Å². The van der Waals surface area contributed by atoms with Gasteiger partial charge in [0.2, 0.25) is 0 Å². The Hall–Kier alpha value is -1.27. The van der Waals surface area contributed by atoms with Crippen molar-refractivity contribution in [2.24, 2.45) is 0 Å². The quantitative estimate of drug-likeness (QED) is 0.876. The van der Waals surface area contributed by atoms with E-state index in [2.05, 4.69) is 41.2 Å². The molecule has 0 aliphatic heterocycles. The maximum absolute atomic E-state index is 4.42. The van der Waals surface area contributed by atoms with E-state index in [9.17, 15) is 0 Å². The lowest BCUT2D eigenvalue weighted by Crippen LogP contribution is -2.38. The van der Waals surface area contributed by atoms with E-state index >= 15 is 0 Å². The molecule has 0 fully saturated rings. The van der Waals surface area contributed by atoms with Gasteiger partial charge < -0.3 is 5.32 Å². The third-order valence-electron chi connectivity index (χ3n) is 2.53. The van der Waals surface area contributed by atoms with Crippen LogP contribution < -0.4 is 5.32 Å². The zero-order valence-corrected chi connectivity index (χ0v) is 11.2. The van der Waals surface area contributed by atoms with Crippen LogP contribution in [-0.4, -0.2) is 26.3 Å². The zero-order valence-electron chi connectivity index (χ0n) is 10.3. The highest BCUT2D eigenvalue weighted by atomic mass is 32.1. The molecule has 92 valence electrons. The molecule has 0 saturated heterocycles. The lowest BCUT2D eigenvalue weighted by molar-refractivity contribution is 0.384. The van der Waals surface area contributed by atoms with E-state index in [1.54, 1.807) is 24.0 Å². The standard InChI is InChI=1S/C11H17N5S/c1-9-6-13-10(17-9)11(2,3)14-4-5-16-8-12-7-15-16/h6-8,14H,4-5H2,1-3H3. The van der Waals surface area contributed by atoms with Crippen molar-refractivity contribution in [3.63, 3.8) is 0 Å². The van der Waals surface area contributed by atoms with Crippen LogP contribution in [0, 0.1) is 6.92 Å². The molecule has 5 nitrogen and oxygen atoms in total. The summed E-state index contributed by atoms with van der Waals surface area (Å²) in [4.78, 5) is 9.58. The van der Waals surface area contributed by atoms with Gasteiger partial charge in [-0.05, 0) is 20.8 Å². The maximum atomic E-state index is 4.42. The van der Waals surface area contributed by atoms with E-state index in [1.807, 2.05) is 10.9 Å². The summed E-state index contributed by atoms with van der Waals surface area (Å²) in [5, 5.41) is 8.67. The molecule has 0 bridgehead atoms. The number of aromatic nitrogens is 4. The summed E-state index contributed by atoms with van der Waals surface area (Å²) in [7, 11) is 0. The molecule has 0 saturated carbocycles. The van der Waals surface area contributed by atoms with Gasteiger partial charge in [-0.15, -0.1) is 11.3 Å². The largest absolute Gasteiger partial charge is 0.304 e. The Kier molecular flexibility index (Phi) is 3.54. The molecule has 0 aromatic carbocycles. The molecule has 2 heterocycles. The van der Waals surface area contributed by atoms with Crippen LogP contribution in [0.25, 0.3) is 0 Å². The number of nitrogens with one attached hydrogen (secondary N) is 1. The number of rotatable bonds is 5. The van der Waals surface area contributed by atoms with Crippen molar-refractivity contribution in [3.05, 3.63) is 28.7 Å². The molecule has 0 aliphatic rings. The molecule has 0 unspecified atom stereocenters. The van der Waals surface area contributed by atoms with Crippen molar-refractivity contribution in [2.45, 2.75) is 32.9 Å². The van der Waals surface area contributed by atoms with Gasteiger partial charge >= 0.3 is 0 Å². The van der Waals surface area contributed by atoms with Crippen LogP contribution in [0.2, 0.25) is 0 Å². The summed E-state index contributed by atoms with van der Waals surface area (Å²) < 4.78 is 1.82. The summed E-state index contributed by atoms with van der Waals surface area (Å²) in [6.07, 6.45) is 5.19. The van der Waals surface area contributed by atoms with Crippen LogP contribution in [0.1, 0.15) is 23.7 Å². The van der Waals surface area contributed by atoms with E-state index in [-0.39, 0.29) is 5.54 Å². The molecule has 2 aromatic heterocycles. The number of hydrogen-bond donors (Lipinski definition) is 1. The van der Waals surface area contributed by atoms with Gasteiger partial charge in [-0.3, -0.25) is 4.68 Å². The van der Waals surface area contributed by atoms with Gasteiger partial charge in [0.25, 0.3) is 0 Å². The van der Waals surface area contributed by atoms with Crippen LogP contribution in [0.3, 0.4) is 0 Å². The minimum Gasteiger partial charge on any atom is -0.304 e. The smallest absolute Gasteiger partial charge is 0.137 e. The summed E-state index contributed by atoms with van der Waals surface area (Å²) in [5.41, 5.74) is -0.0977. The molecule has 0 amide bonds. The first-order valence-corrected chi connectivity index (χ1v) is 6.40. The molecule has 2 aromatic rings. The van der Waals surface area contributed by atoms with Crippen LogP contribution in [0.15, 0.2) is 18.9 Å². The third kappa shape index (κ3) is 3.10. The molecule has 0 spiro atoms. The predicted molar refractivity (Wildman–Crippen MR) is 67.9 cm³/mol. The average Bonchev–Trinajstić information content (AvgIpc) is 2.89. The highest BCUT2D eigenvalue weighted by Gasteiger charge is 2.22. The second-order valence-electron chi connectivity index (χ2n) is 4.49. The van der Waals surface area contributed by atoms with E-state index in [1.165, 1.54) is 4.88 Å². The Morgan fingerprint density at radius 3 is 2.88 bits per heavy atom. The number of aryl methyl sites for hydroxylation is 1. The fraction of sp³-hybridized carbons (Fsp3) is 0.545. The Morgan fingerprint density at radius 1 is 1.47 bits per heavy atom. The first-order valence-electron chi connectivity index (χ1n) is 5.58. The summed E-state index contributed by atoms with van der Waals surface area (Å²) >= 11 is 1.73. The van der Waals surface area contributed by atoms with Crippen molar-refractivity contribution < 1.29 is 0 Å². The predicted octanol–water partition coefficient (Wildman–Crippen LogP) is 1.57. The van der Waals surface area contributed by atoms with Gasteiger partial charge in [-0.1, -0.05) is 0 Å². The topological polar surface area (TPSA) is 55.6 Å². The number of hydrogen-bond acceptors (Lipinski definition) is 5. The molecule has 0 radical (unpaired) electrons. The summed E-state index contributed by atoms with van der Waals surface area (Å²) in [6.45, 7) is 8.02. The van der Waals surface area contributed by atoms with Gasteiger partial charge in [0, 0.05) is 17.6 Å². The molecule has 17 heavy (non-hydrogen) atoms. The zero-order chi connectivity index (χ0) is 12.3. The van der Waals surface area contributed by atoms with Gasteiger partial charge in [-0.2, -0.15) is 5.10 Å². The fourth-order valence-corrected chi connectivity index (χ4v) is 2.39. The van der Waals surface area contributed by atoms with Crippen LogP contribution >= 0.6 is 11.3 Å². The first-order chi connectivity index (χ1) is 8.08. The maximum Gasteiger partial charge on any atom is 0.137 e. The Bertz CT molecular complexity index is 460. The van der Waals surface area contributed by atoms with Gasteiger partial charge in [0.05, 0.1) is 12.1 Å². The van der Waals surface area contributed by atoms with Crippen molar-refractivity contribution >= 4 is 11.3 Å². The summed E-state index contributed by atoms with van der Waals surface area (Å²) in [5.74, 6) is 0. The van der Waals surface area contributed by atoms with Crippen LogP contribution in [0.4, 0.5) is 0 Å². The normalized spacial score (nSPS) is 11.9. The minimum absolute atomic E-state index is 0.0977. The SMILES string of the molecule is Cc1cnc(C(C)(C)NCCn2cncn2)s1. The number of thiazole rings is 1. The highest BCUT2D eigenvalue weighted by Crippen LogP contribution is 2.24. The Balaban J connectivity index is 1.89. The van der Waals surface area contributed by atoms with Crippen molar-refractivity contribution in [2.75, 3.05) is 6.54 Å². The van der Waals surface area contributed by atoms with Crippen LogP contribution in [-0.2, 0) is 12.1 Å². The van der Waals surface area contributed by atoms with Crippen molar-refractivity contribution in [1.82, 2.24) is 25.1 Å². The van der Waals surface area contributed by atoms with E-state index in [0.29, 0.717) is 0 Å². The lowest BCUT2D eigenvalue weighted by atomic mass is 10.1. The van der Waals surface area contributed by atoms with E-state index in [0.717, 1.165) is 18.1 Å². The lowest BCUT2D eigenvalue weighted by Gasteiger charge is -2.23. The number of nitrogens with zero attached hydrogens (tertiary/aromatic N) is 4. The molecule has 6 heteroatoms. The monoisotopic (exact) mass is 251 g/mol. The molecule has 2 rings (SSSR count). The van der Waals surface area contributed by atoms with Gasteiger partial charge in [0.1, 0.15) is 17.7 Å². The minimum atomic E-state index is -0.0977. The van der Waals surface area contributed by atoms with Crippen LogP contribution in [0.5, 0.6) is 0 Å². The van der Waals surface area contributed by atoms with E-state index < -0.39 is 0 Å². The van der Waals surface area contributed by atoms with Gasteiger partial charge in [0.15, 0.2) is 0 Å². The third-order valence-corrected chi connectivity index (χ3v) is 3.77.